The molecule has 0 unspecified atom stereocenters. The van der Waals surface area contributed by atoms with E-state index in [0.717, 1.165) is 5.56 Å². The molecule has 3 N–H and O–H groups in total. The predicted octanol–water partition coefficient (Wildman–Crippen LogP) is 2.52. The molecule has 0 spiro atoms. The van der Waals surface area contributed by atoms with E-state index in [9.17, 15) is 14.0 Å². The number of hydrogen-bond acceptors (Lipinski definition) is 3. The van der Waals surface area contributed by atoms with Crippen molar-refractivity contribution < 1.29 is 14.0 Å². The van der Waals surface area contributed by atoms with E-state index in [1.165, 1.54) is 23.6 Å². The van der Waals surface area contributed by atoms with E-state index in [1.807, 2.05) is 0 Å². The third-order valence-electron chi connectivity index (χ3n) is 3.24. The highest BCUT2D eigenvalue weighted by Gasteiger charge is 2.19. The SMILES string of the molecule is CC(=O)c1cc(C(N)=O)c(Nc2ccc(C)cc2F)n1C. The lowest BCUT2D eigenvalue weighted by Gasteiger charge is -2.11. The van der Waals surface area contributed by atoms with Crippen molar-refractivity contribution in [2.24, 2.45) is 12.8 Å². The van der Waals surface area contributed by atoms with Gasteiger partial charge in [-0.3, -0.25) is 9.59 Å². The molecule has 21 heavy (non-hydrogen) atoms. The van der Waals surface area contributed by atoms with Crippen LogP contribution in [0.2, 0.25) is 0 Å². The Kier molecular flexibility index (Phi) is 3.80. The van der Waals surface area contributed by atoms with Crippen LogP contribution in [0.15, 0.2) is 24.3 Å². The zero-order valence-electron chi connectivity index (χ0n) is 12.0. The van der Waals surface area contributed by atoms with Crippen LogP contribution < -0.4 is 11.1 Å². The number of amides is 1. The summed E-state index contributed by atoms with van der Waals surface area (Å²) in [5.41, 5.74) is 6.76. The molecule has 0 saturated carbocycles. The van der Waals surface area contributed by atoms with Crippen LogP contribution in [0.25, 0.3) is 0 Å². The van der Waals surface area contributed by atoms with E-state index >= 15 is 0 Å². The summed E-state index contributed by atoms with van der Waals surface area (Å²) in [4.78, 5) is 23.0. The summed E-state index contributed by atoms with van der Waals surface area (Å²) in [6, 6.07) is 6.08. The minimum absolute atomic E-state index is 0.141. The number of ketones is 1. The van der Waals surface area contributed by atoms with Gasteiger partial charge < -0.3 is 15.6 Å². The van der Waals surface area contributed by atoms with Gasteiger partial charge in [-0.15, -0.1) is 0 Å². The molecule has 0 radical (unpaired) electrons. The number of nitrogens with two attached hydrogens (primary N) is 1. The van der Waals surface area contributed by atoms with Crippen molar-refractivity contribution in [1.29, 1.82) is 0 Å². The highest BCUT2D eigenvalue weighted by Crippen LogP contribution is 2.26. The van der Waals surface area contributed by atoms with Crippen LogP contribution in [0.5, 0.6) is 0 Å². The molecule has 0 aliphatic carbocycles. The van der Waals surface area contributed by atoms with Gasteiger partial charge in [0.2, 0.25) is 0 Å². The first-order valence-corrected chi connectivity index (χ1v) is 6.35. The number of anilines is 2. The second kappa shape index (κ2) is 5.40. The molecule has 5 nitrogen and oxygen atoms in total. The predicted molar refractivity (Wildman–Crippen MR) is 78.4 cm³/mol. The number of halogens is 1. The number of nitrogens with one attached hydrogen (secondary N) is 1. The molecule has 1 amide bonds. The third-order valence-corrected chi connectivity index (χ3v) is 3.24. The summed E-state index contributed by atoms with van der Waals surface area (Å²) >= 11 is 0. The van der Waals surface area contributed by atoms with Crippen molar-refractivity contribution in [3.63, 3.8) is 0 Å². The van der Waals surface area contributed by atoms with Crippen LogP contribution in [-0.2, 0) is 7.05 Å². The molecule has 1 heterocycles. The first-order valence-electron chi connectivity index (χ1n) is 6.35. The summed E-state index contributed by atoms with van der Waals surface area (Å²) in [5.74, 6) is -1.06. The number of benzene rings is 1. The van der Waals surface area contributed by atoms with E-state index in [2.05, 4.69) is 5.32 Å². The maximum absolute atomic E-state index is 13.9. The first-order chi connectivity index (χ1) is 9.81. The highest BCUT2D eigenvalue weighted by atomic mass is 19.1. The average Bonchev–Trinajstić information content (AvgIpc) is 2.70. The van der Waals surface area contributed by atoms with E-state index in [-0.39, 0.29) is 22.9 Å². The monoisotopic (exact) mass is 289 g/mol. The molecular weight excluding hydrogens is 273 g/mol. The number of Topliss-reactive ketones (excluding diaryl/α,β-unsaturated/α-hetero) is 1. The summed E-state index contributed by atoms with van der Waals surface area (Å²) in [7, 11) is 1.61. The Balaban J connectivity index is 2.52. The van der Waals surface area contributed by atoms with Gasteiger partial charge in [0.05, 0.1) is 16.9 Å². The maximum atomic E-state index is 13.9. The number of rotatable bonds is 4. The van der Waals surface area contributed by atoms with Gasteiger partial charge in [-0.25, -0.2) is 4.39 Å². The van der Waals surface area contributed by atoms with Gasteiger partial charge in [0.1, 0.15) is 11.6 Å². The van der Waals surface area contributed by atoms with Gasteiger partial charge in [0.25, 0.3) is 5.91 Å². The number of primary amides is 1. The van der Waals surface area contributed by atoms with Crippen molar-refractivity contribution in [2.75, 3.05) is 5.32 Å². The summed E-state index contributed by atoms with van der Waals surface area (Å²) < 4.78 is 15.4. The van der Waals surface area contributed by atoms with Crippen LogP contribution in [0.4, 0.5) is 15.9 Å². The minimum atomic E-state index is -0.687. The highest BCUT2D eigenvalue weighted by molar-refractivity contribution is 6.03. The fourth-order valence-electron chi connectivity index (χ4n) is 2.13. The standard InChI is InChI=1S/C15H16FN3O2/c1-8-4-5-12(11(16)6-8)18-15-10(14(17)21)7-13(9(2)20)19(15)3/h4-7,18H,1-3H3,(H2,17,21). The fourth-order valence-corrected chi connectivity index (χ4v) is 2.13. The zero-order valence-corrected chi connectivity index (χ0v) is 12.0. The van der Waals surface area contributed by atoms with E-state index in [4.69, 9.17) is 5.73 Å². The number of nitrogens with zero attached hydrogens (tertiary/aromatic N) is 1. The average molecular weight is 289 g/mol. The second-order valence-corrected chi connectivity index (χ2v) is 4.88. The smallest absolute Gasteiger partial charge is 0.252 e. The van der Waals surface area contributed by atoms with Gasteiger partial charge in [-0.05, 0) is 30.7 Å². The molecule has 2 aromatic rings. The van der Waals surface area contributed by atoms with Crippen LogP contribution in [0.3, 0.4) is 0 Å². The summed E-state index contributed by atoms with van der Waals surface area (Å²) in [6.07, 6.45) is 0. The lowest BCUT2D eigenvalue weighted by Crippen LogP contribution is -2.13. The van der Waals surface area contributed by atoms with E-state index in [1.54, 1.807) is 26.1 Å². The third kappa shape index (κ3) is 2.79. The van der Waals surface area contributed by atoms with Crippen molar-refractivity contribution in [3.8, 4) is 0 Å². The number of hydrogen-bond donors (Lipinski definition) is 2. The molecular formula is C15H16FN3O2. The molecule has 0 fully saturated rings. The topological polar surface area (TPSA) is 77.1 Å². The molecule has 0 aliphatic heterocycles. The molecule has 1 aromatic heterocycles. The van der Waals surface area contributed by atoms with Gasteiger partial charge in [0, 0.05) is 14.0 Å². The molecule has 110 valence electrons. The fraction of sp³-hybridized carbons (Fsp3) is 0.200. The van der Waals surface area contributed by atoms with Crippen molar-refractivity contribution >= 4 is 23.2 Å². The lowest BCUT2D eigenvalue weighted by atomic mass is 10.2. The van der Waals surface area contributed by atoms with Crippen LogP contribution in [0.1, 0.15) is 33.3 Å². The Bertz CT molecular complexity index is 735. The molecule has 2 rings (SSSR count). The Morgan fingerprint density at radius 3 is 2.48 bits per heavy atom. The Morgan fingerprint density at radius 1 is 1.29 bits per heavy atom. The quantitative estimate of drug-likeness (QED) is 0.849. The molecule has 1 aromatic carbocycles. The molecule has 0 saturated heterocycles. The Morgan fingerprint density at radius 2 is 1.95 bits per heavy atom. The van der Waals surface area contributed by atoms with E-state index < -0.39 is 11.7 Å². The van der Waals surface area contributed by atoms with Crippen molar-refractivity contribution in [1.82, 2.24) is 4.57 Å². The van der Waals surface area contributed by atoms with Gasteiger partial charge in [0.15, 0.2) is 5.78 Å². The van der Waals surface area contributed by atoms with Gasteiger partial charge >= 0.3 is 0 Å². The van der Waals surface area contributed by atoms with Crippen molar-refractivity contribution in [2.45, 2.75) is 13.8 Å². The molecule has 0 atom stereocenters. The Labute approximate surface area is 121 Å². The van der Waals surface area contributed by atoms with E-state index in [0.29, 0.717) is 5.69 Å². The second-order valence-electron chi connectivity index (χ2n) is 4.88. The van der Waals surface area contributed by atoms with Crippen molar-refractivity contribution in [3.05, 3.63) is 46.9 Å². The summed E-state index contributed by atoms with van der Waals surface area (Å²) in [6.45, 7) is 3.16. The Hall–Kier alpha value is -2.63. The molecule has 6 heteroatoms. The number of aromatic nitrogens is 1. The van der Waals surface area contributed by atoms with Crippen LogP contribution in [-0.4, -0.2) is 16.3 Å². The molecule has 0 aliphatic rings. The maximum Gasteiger partial charge on any atom is 0.252 e. The largest absolute Gasteiger partial charge is 0.365 e. The first kappa shape index (κ1) is 14.8. The number of carbonyl (C=O) groups excluding carboxylic acids is 2. The van der Waals surface area contributed by atoms with Crippen LogP contribution in [0, 0.1) is 12.7 Å². The van der Waals surface area contributed by atoms with Gasteiger partial charge in [-0.1, -0.05) is 6.07 Å². The minimum Gasteiger partial charge on any atom is -0.365 e. The number of aryl methyl sites for hydroxylation is 1. The van der Waals surface area contributed by atoms with Crippen LogP contribution >= 0.6 is 0 Å². The van der Waals surface area contributed by atoms with Gasteiger partial charge in [-0.2, -0.15) is 0 Å². The summed E-state index contributed by atoms with van der Waals surface area (Å²) in [5, 5.41) is 2.83. The molecule has 0 bridgehead atoms. The lowest BCUT2D eigenvalue weighted by molar-refractivity contribution is 0.0998. The normalized spacial score (nSPS) is 10.5. The zero-order chi connectivity index (χ0) is 15.7. The number of carbonyl (C=O) groups is 2.